The van der Waals surface area contributed by atoms with Crippen molar-refractivity contribution in [3.63, 3.8) is 0 Å². The van der Waals surface area contributed by atoms with E-state index in [1.54, 1.807) is 19.0 Å². The molecule has 2 amide bonds. The van der Waals surface area contributed by atoms with Crippen molar-refractivity contribution in [1.82, 2.24) is 29.7 Å². The van der Waals surface area contributed by atoms with Gasteiger partial charge >= 0.3 is 29.6 Å². The summed E-state index contributed by atoms with van der Waals surface area (Å²) in [5.74, 6) is 0.462. The number of ether oxygens (including phenoxy) is 2. The number of hydrogen-bond acceptors (Lipinski definition) is 16. The Hall–Kier alpha value is -3.40. The van der Waals surface area contributed by atoms with Crippen LogP contribution in [0.4, 0.5) is 10.6 Å². The number of phosphoric acid groups is 3. The predicted octanol–water partition coefficient (Wildman–Crippen LogP) is 1.95. The first kappa shape index (κ1) is 45.3. The number of unbranched alkanes of at least 4 members (excludes halogenated alkanes) is 3. The highest BCUT2D eigenvalue weighted by atomic mass is 31.3. The first-order valence-corrected chi connectivity index (χ1v) is 21.7. The zero-order chi connectivity index (χ0) is 41.1. The number of amides is 2. The lowest BCUT2D eigenvalue weighted by Crippen LogP contribution is -2.33. The van der Waals surface area contributed by atoms with Crippen molar-refractivity contribution in [2.75, 3.05) is 45.2 Å². The van der Waals surface area contributed by atoms with Gasteiger partial charge in [-0.05, 0) is 31.2 Å². The molecule has 0 spiro atoms. The van der Waals surface area contributed by atoms with Crippen LogP contribution in [0.1, 0.15) is 50.3 Å². The zero-order valence-corrected chi connectivity index (χ0v) is 33.1. The lowest BCUT2D eigenvalue weighted by molar-refractivity contribution is -0.130. The van der Waals surface area contributed by atoms with E-state index >= 15 is 0 Å². The van der Waals surface area contributed by atoms with E-state index in [2.05, 4.69) is 33.4 Å². The third-order valence-electron chi connectivity index (χ3n) is 8.34. The van der Waals surface area contributed by atoms with Gasteiger partial charge in [0.1, 0.15) is 31.2 Å². The molecule has 7 N–H and O–H groups in total. The number of carbonyl (C=O) groups is 2. The molecule has 312 valence electrons. The summed E-state index contributed by atoms with van der Waals surface area (Å²) >= 11 is 0. The summed E-state index contributed by atoms with van der Waals surface area (Å²) in [7, 11) is -13.3. The summed E-state index contributed by atoms with van der Waals surface area (Å²) in [6, 6.07) is 9.38. The van der Waals surface area contributed by atoms with Gasteiger partial charge in [0, 0.05) is 40.2 Å². The van der Waals surface area contributed by atoms with Crippen LogP contribution in [0.15, 0.2) is 43.0 Å². The maximum Gasteiger partial charge on any atom is 0.490 e. The predicted molar refractivity (Wildman–Crippen MR) is 194 cm³/mol. The summed E-state index contributed by atoms with van der Waals surface area (Å²) < 4.78 is 58.5. The fourth-order valence-electron chi connectivity index (χ4n) is 5.53. The van der Waals surface area contributed by atoms with Gasteiger partial charge in [0.2, 0.25) is 5.91 Å². The molecule has 3 aromatic rings. The van der Waals surface area contributed by atoms with Crippen LogP contribution < -0.4 is 10.2 Å². The van der Waals surface area contributed by atoms with E-state index in [-0.39, 0.29) is 18.2 Å². The standard InChI is InChI=1S/C30H46N7O16P3/c1-35(23(38)13-7-4-8-14-31-30(41)49-17-21-11-5-3-6-12-21)15-9-10-16-36(2)27-24-28(33-19-32-27)37(20-34-24)29-26(40)25(39)22(51-29)18-50-55(45,46)53-56(47,48)52-54(42,43)44/h3,5-6,11-12,19-20,22,25-26,29,39-40H,4,7-10,13-18H2,1-2H3,(H,31,41)(H,45,46)(H,47,48)(H2,42,43,44)/t22-,25-,26-,29-/m1/s1. The number of nitrogens with zero attached hydrogens (tertiary/aromatic N) is 6. The quantitative estimate of drug-likeness (QED) is 0.0561. The molecule has 1 fully saturated rings. The van der Waals surface area contributed by atoms with Crippen LogP contribution in [0.3, 0.4) is 0 Å². The molecular formula is C30H46N7O16P3. The molecule has 1 aromatic carbocycles. The first-order chi connectivity index (χ1) is 26.4. The minimum atomic E-state index is -5.76. The van der Waals surface area contributed by atoms with Crippen LogP contribution in [-0.2, 0) is 47.7 Å². The fraction of sp³-hybridized carbons (Fsp3) is 0.567. The van der Waals surface area contributed by atoms with Crippen LogP contribution in [0.5, 0.6) is 0 Å². The molecule has 0 aliphatic carbocycles. The third-order valence-corrected chi connectivity index (χ3v) is 12.1. The monoisotopic (exact) mass is 853 g/mol. The number of fused-ring (bicyclic) bond motifs is 1. The van der Waals surface area contributed by atoms with Crippen LogP contribution in [0.25, 0.3) is 11.2 Å². The van der Waals surface area contributed by atoms with Crippen LogP contribution in [-0.4, -0.2) is 125 Å². The number of aromatic nitrogens is 4. The molecule has 0 radical (unpaired) electrons. The minimum absolute atomic E-state index is 0.0225. The van der Waals surface area contributed by atoms with Crippen molar-refractivity contribution >= 4 is 52.5 Å². The molecule has 3 heterocycles. The van der Waals surface area contributed by atoms with E-state index in [0.717, 1.165) is 18.4 Å². The van der Waals surface area contributed by atoms with Crippen LogP contribution in [0.2, 0.25) is 0 Å². The highest BCUT2D eigenvalue weighted by molar-refractivity contribution is 7.66. The van der Waals surface area contributed by atoms with Crippen molar-refractivity contribution in [2.45, 2.75) is 69.7 Å². The van der Waals surface area contributed by atoms with Crippen LogP contribution in [0, 0.1) is 0 Å². The molecule has 1 aliphatic rings. The summed E-state index contributed by atoms with van der Waals surface area (Å²) in [4.78, 5) is 77.3. The molecule has 6 atom stereocenters. The number of imidazole rings is 1. The maximum absolute atomic E-state index is 12.6. The van der Waals surface area contributed by atoms with Gasteiger partial charge in [0.05, 0.1) is 12.9 Å². The van der Waals surface area contributed by atoms with Crippen molar-refractivity contribution in [3.8, 4) is 0 Å². The van der Waals surface area contributed by atoms with E-state index in [1.165, 1.54) is 17.2 Å². The lowest BCUT2D eigenvalue weighted by Gasteiger charge is -2.21. The molecule has 2 unspecified atom stereocenters. The number of nitrogens with one attached hydrogen (secondary N) is 1. The van der Waals surface area contributed by atoms with E-state index in [9.17, 15) is 43.3 Å². The Labute approximate surface area is 321 Å². The zero-order valence-electron chi connectivity index (χ0n) is 30.4. The Kier molecular flexibility index (Phi) is 16.5. The molecule has 0 saturated carbocycles. The molecule has 1 saturated heterocycles. The molecule has 23 nitrogen and oxygen atoms in total. The number of aliphatic hydroxyl groups excluding tert-OH is 2. The van der Waals surface area contributed by atoms with Gasteiger partial charge < -0.3 is 54.4 Å². The Morgan fingerprint density at radius 3 is 2.32 bits per heavy atom. The van der Waals surface area contributed by atoms with Gasteiger partial charge in [-0.25, -0.2) is 33.4 Å². The number of phosphoric ester groups is 1. The largest absolute Gasteiger partial charge is 0.490 e. The highest BCUT2D eigenvalue weighted by Crippen LogP contribution is 2.66. The molecular weight excluding hydrogens is 807 g/mol. The number of anilines is 1. The number of alkyl carbamates (subject to hydrolysis) is 1. The van der Waals surface area contributed by atoms with Gasteiger partial charge in [-0.2, -0.15) is 8.62 Å². The van der Waals surface area contributed by atoms with E-state index in [1.807, 2.05) is 35.2 Å². The SMILES string of the molecule is CN(CCCCN(C)c1ncnc2c1ncn2[C@@H]1O[C@H](COP(=O)(O)OP(=O)(O)OP(=O)(O)O)[C@@H](O)[C@H]1O)C(=O)CCCCCNC(=O)OCc1ccccc1. The van der Waals surface area contributed by atoms with Gasteiger partial charge in [0.25, 0.3) is 0 Å². The molecule has 2 aromatic heterocycles. The third kappa shape index (κ3) is 13.9. The Bertz CT molecular complexity index is 1900. The average Bonchev–Trinajstić information content (AvgIpc) is 3.68. The second kappa shape index (κ2) is 20.3. The normalized spacial score (nSPS) is 20.6. The number of aliphatic hydroxyl groups is 2. The number of carbonyl (C=O) groups excluding carboxylic acids is 2. The molecule has 26 heteroatoms. The number of rotatable bonds is 22. The number of benzene rings is 1. The van der Waals surface area contributed by atoms with E-state index in [4.69, 9.17) is 19.3 Å². The van der Waals surface area contributed by atoms with E-state index < -0.39 is 60.7 Å². The smallest absolute Gasteiger partial charge is 0.445 e. The maximum atomic E-state index is 12.6. The second-order valence-electron chi connectivity index (χ2n) is 12.7. The topological polar surface area (TPSA) is 315 Å². The molecule has 0 bridgehead atoms. The molecule has 4 rings (SSSR count). The van der Waals surface area contributed by atoms with Gasteiger partial charge in [0.15, 0.2) is 23.2 Å². The summed E-state index contributed by atoms with van der Waals surface area (Å²) in [5.41, 5.74) is 1.43. The fourth-order valence-corrected chi connectivity index (χ4v) is 8.56. The Morgan fingerprint density at radius 1 is 0.893 bits per heavy atom. The second-order valence-corrected chi connectivity index (χ2v) is 17.1. The van der Waals surface area contributed by atoms with Crippen molar-refractivity contribution in [3.05, 3.63) is 48.5 Å². The van der Waals surface area contributed by atoms with Crippen molar-refractivity contribution in [1.29, 1.82) is 0 Å². The van der Waals surface area contributed by atoms with Crippen molar-refractivity contribution in [2.24, 2.45) is 0 Å². The Balaban J connectivity index is 1.18. The number of hydrogen-bond donors (Lipinski definition) is 7. The summed E-state index contributed by atoms with van der Waals surface area (Å²) in [6.45, 7) is 0.742. The van der Waals surface area contributed by atoms with E-state index in [0.29, 0.717) is 56.7 Å². The minimum Gasteiger partial charge on any atom is -0.445 e. The van der Waals surface area contributed by atoms with Crippen LogP contribution >= 0.6 is 23.5 Å². The van der Waals surface area contributed by atoms with Gasteiger partial charge in [-0.15, -0.1) is 0 Å². The average molecular weight is 854 g/mol. The van der Waals surface area contributed by atoms with Crippen molar-refractivity contribution < 1.29 is 75.7 Å². The summed E-state index contributed by atoms with van der Waals surface area (Å²) in [5, 5.41) is 24.0. The molecule has 1 aliphatic heterocycles. The highest BCUT2D eigenvalue weighted by Gasteiger charge is 2.47. The summed E-state index contributed by atoms with van der Waals surface area (Å²) in [6.07, 6.45) is -0.179. The van der Waals surface area contributed by atoms with Gasteiger partial charge in [-0.3, -0.25) is 13.9 Å². The Morgan fingerprint density at radius 2 is 1.61 bits per heavy atom. The van der Waals surface area contributed by atoms with Gasteiger partial charge in [-0.1, -0.05) is 36.8 Å². The lowest BCUT2D eigenvalue weighted by atomic mass is 10.1. The first-order valence-electron chi connectivity index (χ1n) is 17.2. The molecule has 56 heavy (non-hydrogen) atoms.